The predicted octanol–water partition coefficient (Wildman–Crippen LogP) is 3.14. The van der Waals surface area contributed by atoms with Crippen LogP contribution in [0.25, 0.3) is 0 Å². The smallest absolute Gasteiger partial charge is 0.0402 e. The first-order valence-electron chi connectivity index (χ1n) is 8.37. The summed E-state index contributed by atoms with van der Waals surface area (Å²) in [5.74, 6) is 0.907. The summed E-state index contributed by atoms with van der Waals surface area (Å²) in [6.45, 7) is 5.93. The summed E-state index contributed by atoms with van der Waals surface area (Å²) >= 11 is 0. The number of anilines is 1. The lowest BCUT2D eigenvalue weighted by Gasteiger charge is -2.44. The summed E-state index contributed by atoms with van der Waals surface area (Å²) in [4.78, 5) is 2.67. The first-order valence-corrected chi connectivity index (χ1v) is 8.37. The summed E-state index contributed by atoms with van der Waals surface area (Å²) < 4.78 is 0. The third kappa shape index (κ3) is 2.14. The number of nitrogens with one attached hydrogen (secondary N) is 1. The number of rotatable bonds is 2. The maximum absolute atomic E-state index is 3.80. The van der Waals surface area contributed by atoms with Crippen molar-refractivity contribution in [3.63, 3.8) is 0 Å². The van der Waals surface area contributed by atoms with Crippen molar-refractivity contribution in [1.82, 2.24) is 5.32 Å². The molecule has 20 heavy (non-hydrogen) atoms. The maximum atomic E-state index is 3.80. The lowest BCUT2D eigenvalue weighted by molar-refractivity contribution is 0.285. The van der Waals surface area contributed by atoms with Crippen LogP contribution in [0.2, 0.25) is 0 Å². The number of benzene rings is 1. The van der Waals surface area contributed by atoms with Crippen molar-refractivity contribution in [3.05, 3.63) is 29.3 Å². The highest BCUT2D eigenvalue weighted by Crippen LogP contribution is 2.42. The molecular weight excluding hydrogens is 244 g/mol. The van der Waals surface area contributed by atoms with Crippen molar-refractivity contribution in [3.8, 4) is 0 Å². The summed E-state index contributed by atoms with van der Waals surface area (Å²) in [6.07, 6.45) is 8.16. The monoisotopic (exact) mass is 270 g/mol. The van der Waals surface area contributed by atoms with Gasteiger partial charge in [-0.05, 0) is 68.6 Å². The third-order valence-electron chi connectivity index (χ3n) is 5.62. The second-order valence-electron chi connectivity index (χ2n) is 7.16. The van der Waals surface area contributed by atoms with Gasteiger partial charge in [0.05, 0.1) is 0 Å². The Morgan fingerprint density at radius 1 is 1.20 bits per heavy atom. The van der Waals surface area contributed by atoms with Crippen LogP contribution in [0.1, 0.15) is 43.7 Å². The molecule has 3 aliphatic rings. The molecule has 1 saturated carbocycles. The Labute approximate surface area is 122 Å². The van der Waals surface area contributed by atoms with Crippen molar-refractivity contribution in [2.24, 2.45) is 5.92 Å². The van der Waals surface area contributed by atoms with Gasteiger partial charge in [0.15, 0.2) is 0 Å². The Morgan fingerprint density at radius 3 is 2.90 bits per heavy atom. The van der Waals surface area contributed by atoms with Crippen LogP contribution >= 0.6 is 0 Å². The van der Waals surface area contributed by atoms with Crippen molar-refractivity contribution < 1.29 is 0 Å². The Bertz CT molecular complexity index is 506. The van der Waals surface area contributed by atoms with Gasteiger partial charge in [0, 0.05) is 30.9 Å². The second kappa shape index (κ2) is 4.77. The van der Waals surface area contributed by atoms with Crippen LogP contribution in [0.3, 0.4) is 0 Å². The lowest BCUT2D eigenvalue weighted by Crippen LogP contribution is -2.60. The van der Waals surface area contributed by atoms with E-state index in [1.54, 1.807) is 11.1 Å². The molecule has 0 aromatic heterocycles. The highest BCUT2D eigenvalue weighted by molar-refractivity contribution is 5.58. The van der Waals surface area contributed by atoms with E-state index in [2.05, 4.69) is 35.3 Å². The highest BCUT2D eigenvalue weighted by atomic mass is 15.2. The average molecular weight is 270 g/mol. The summed E-state index contributed by atoms with van der Waals surface area (Å²) in [5.41, 5.74) is 5.14. The minimum atomic E-state index is 0.343. The van der Waals surface area contributed by atoms with E-state index in [9.17, 15) is 0 Å². The van der Waals surface area contributed by atoms with Crippen LogP contribution in [0.15, 0.2) is 18.2 Å². The van der Waals surface area contributed by atoms with Gasteiger partial charge < -0.3 is 10.2 Å². The molecule has 0 radical (unpaired) electrons. The molecule has 0 spiro atoms. The summed E-state index contributed by atoms with van der Waals surface area (Å²) in [6, 6.07) is 6.99. The zero-order chi connectivity index (χ0) is 13.6. The van der Waals surface area contributed by atoms with E-state index in [1.807, 2.05) is 0 Å². The molecule has 4 rings (SSSR count). The maximum Gasteiger partial charge on any atom is 0.0402 e. The molecule has 0 amide bonds. The van der Waals surface area contributed by atoms with Crippen molar-refractivity contribution >= 4 is 5.69 Å². The van der Waals surface area contributed by atoms with Crippen LogP contribution in [-0.4, -0.2) is 25.2 Å². The summed E-state index contributed by atoms with van der Waals surface area (Å²) in [5, 5.41) is 3.80. The number of piperazine rings is 1. The zero-order valence-corrected chi connectivity index (χ0v) is 12.6. The molecule has 2 heteroatoms. The van der Waals surface area contributed by atoms with E-state index in [0.29, 0.717) is 5.54 Å². The third-order valence-corrected chi connectivity index (χ3v) is 5.62. The molecule has 1 aromatic rings. The molecule has 0 bridgehead atoms. The first-order chi connectivity index (χ1) is 9.76. The van der Waals surface area contributed by atoms with Crippen molar-refractivity contribution in [2.75, 3.05) is 24.5 Å². The van der Waals surface area contributed by atoms with E-state index >= 15 is 0 Å². The number of hydrogen-bond donors (Lipinski definition) is 1. The SMILES string of the molecule is CC1(C2CC2)CN(c2cccc3c2CCCC3)CCN1. The fourth-order valence-corrected chi connectivity index (χ4v) is 4.26. The Morgan fingerprint density at radius 2 is 2.05 bits per heavy atom. The molecule has 1 saturated heterocycles. The largest absolute Gasteiger partial charge is 0.368 e. The fourth-order valence-electron chi connectivity index (χ4n) is 4.26. The molecule has 108 valence electrons. The van der Waals surface area contributed by atoms with Gasteiger partial charge in [0.25, 0.3) is 0 Å². The Hall–Kier alpha value is -1.02. The molecule has 1 aliphatic heterocycles. The number of nitrogens with zero attached hydrogens (tertiary/aromatic N) is 1. The van der Waals surface area contributed by atoms with Crippen molar-refractivity contribution in [2.45, 2.75) is 51.0 Å². The van der Waals surface area contributed by atoms with E-state index in [1.165, 1.54) is 57.3 Å². The average Bonchev–Trinajstić information content (AvgIpc) is 3.32. The van der Waals surface area contributed by atoms with E-state index in [0.717, 1.165) is 12.5 Å². The van der Waals surface area contributed by atoms with E-state index in [-0.39, 0.29) is 0 Å². The van der Waals surface area contributed by atoms with Crippen LogP contribution in [-0.2, 0) is 12.8 Å². The van der Waals surface area contributed by atoms with Gasteiger partial charge in [-0.1, -0.05) is 12.1 Å². The molecule has 2 nitrogen and oxygen atoms in total. The topological polar surface area (TPSA) is 15.3 Å². The fraction of sp³-hybridized carbons (Fsp3) is 0.667. The predicted molar refractivity (Wildman–Crippen MR) is 84.4 cm³/mol. The van der Waals surface area contributed by atoms with Gasteiger partial charge in [-0.3, -0.25) is 0 Å². The van der Waals surface area contributed by atoms with Gasteiger partial charge in [0.2, 0.25) is 0 Å². The van der Waals surface area contributed by atoms with Crippen molar-refractivity contribution in [1.29, 1.82) is 0 Å². The quantitative estimate of drug-likeness (QED) is 0.888. The standard InChI is InChI=1S/C18H26N2/c1-18(15-9-10-15)13-20(12-11-19-18)17-8-4-6-14-5-2-3-7-16(14)17/h4,6,8,15,19H,2-3,5,7,9-13H2,1H3. The number of fused-ring (bicyclic) bond motifs is 1. The molecule has 1 atom stereocenters. The second-order valence-corrected chi connectivity index (χ2v) is 7.16. The molecule has 1 unspecified atom stereocenters. The number of aryl methyl sites for hydroxylation is 1. The van der Waals surface area contributed by atoms with Gasteiger partial charge in [-0.25, -0.2) is 0 Å². The number of hydrogen-bond acceptors (Lipinski definition) is 2. The van der Waals surface area contributed by atoms with Gasteiger partial charge in [0.1, 0.15) is 0 Å². The van der Waals surface area contributed by atoms with Crippen LogP contribution in [0.4, 0.5) is 5.69 Å². The van der Waals surface area contributed by atoms with Crippen LogP contribution in [0, 0.1) is 5.92 Å². The zero-order valence-electron chi connectivity index (χ0n) is 12.6. The minimum absolute atomic E-state index is 0.343. The van der Waals surface area contributed by atoms with Gasteiger partial charge in [-0.15, -0.1) is 0 Å². The van der Waals surface area contributed by atoms with E-state index < -0.39 is 0 Å². The lowest BCUT2D eigenvalue weighted by atomic mass is 9.88. The normalized spacial score (nSPS) is 30.1. The van der Waals surface area contributed by atoms with Gasteiger partial charge in [-0.2, -0.15) is 0 Å². The van der Waals surface area contributed by atoms with Crippen LogP contribution in [0.5, 0.6) is 0 Å². The minimum Gasteiger partial charge on any atom is -0.368 e. The molecule has 1 heterocycles. The molecular formula is C18H26N2. The summed E-state index contributed by atoms with van der Waals surface area (Å²) in [7, 11) is 0. The first kappa shape index (κ1) is 12.7. The Kier molecular flexibility index (Phi) is 3.03. The molecule has 1 aromatic carbocycles. The van der Waals surface area contributed by atoms with Crippen LogP contribution < -0.4 is 10.2 Å². The highest BCUT2D eigenvalue weighted by Gasteiger charge is 2.44. The van der Waals surface area contributed by atoms with E-state index in [4.69, 9.17) is 0 Å². The molecule has 2 aliphatic carbocycles. The molecule has 2 fully saturated rings. The molecule has 1 N–H and O–H groups in total. The van der Waals surface area contributed by atoms with Gasteiger partial charge >= 0.3 is 0 Å². The Balaban J connectivity index is 1.63.